The minimum atomic E-state index is 0.795. The fourth-order valence-corrected chi connectivity index (χ4v) is 2.62. The van der Waals surface area contributed by atoms with E-state index < -0.39 is 0 Å². The Bertz CT molecular complexity index is 691. The van der Waals surface area contributed by atoms with Gasteiger partial charge in [0.05, 0.1) is 12.9 Å². The molecule has 0 spiro atoms. The van der Waals surface area contributed by atoms with Crippen molar-refractivity contribution in [2.75, 3.05) is 6.61 Å². The van der Waals surface area contributed by atoms with E-state index >= 15 is 0 Å². The molecular weight excluding hydrogens is 272 g/mol. The molecule has 0 saturated heterocycles. The van der Waals surface area contributed by atoms with Crippen LogP contribution in [0.2, 0.25) is 0 Å². The van der Waals surface area contributed by atoms with Crippen molar-refractivity contribution >= 4 is 10.8 Å². The predicted octanol–water partition coefficient (Wildman–Crippen LogP) is 4.68. The standard InChI is InChI=1S/C19H22N2O/c1(5-12-21-13-11-20-16-21)2-6-14-22-19-10-9-17-7-3-4-8-18(17)15-19/h3-4,7-11,13,15-16H,1-2,5-6,12,14H2. The second-order valence-electron chi connectivity index (χ2n) is 5.57. The average molecular weight is 294 g/mol. The molecule has 2 aromatic carbocycles. The molecule has 0 aliphatic rings. The smallest absolute Gasteiger partial charge is 0.119 e. The number of fused-ring (bicyclic) bond motifs is 1. The SMILES string of the molecule is c1ccc2cc(OCCCCCCn3ccnc3)ccc2c1. The highest BCUT2D eigenvalue weighted by Crippen LogP contribution is 2.20. The number of hydrogen-bond donors (Lipinski definition) is 0. The van der Waals surface area contributed by atoms with Crippen LogP contribution in [0.4, 0.5) is 0 Å². The molecule has 3 rings (SSSR count). The lowest BCUT2D eigenvalue weighted by Gasteiger charge is -2.07. The molecule has 0 saturated carbocycles. The Kier molecular flexibility index (Phi) is 5.09. The second-order valence-corrected chi connectivity index (χ2v) is 5.57. The van der Waals surface area contributed by atoms with Gasteiger partial charge in [0, 0.05) is 18.9 Å². The van der Waals surface area contributed by atoms with E-state index in [9.17, 15) is 0 Å². The van der Waals surface area contributed by atoms with Gasteiger partial charge in [-0.1, -0.05) is 43.2 Å². The van der Waals surface area contributed by atoms with Crippen LogP contribution in [-0.4, -0.2) is 16.2 Å². The minimum Gasteiger partial charge on any atom is -0.494 e. The van der Waals surface area contributed by atoms with Gasteiger partial charge in [0.2, 0.25) is 0 Å². The first-order chi connectivity index (χ1) is 10.9. The number of imidazole rings is 1. The molecule has 0 N–H and O–H groups in total. The molecule has 3 aromatic rings. The van der Waals surface area contributed by atoms with Crippen molar-refractivity contribution in [2.45, 2.75) is 32.2 Å². The van der Waals surface area contributed by atoms with Gasteiger partial charge >= 0.3 is 0 Å². The van der Waals surface area contributed by atoms with Crippen molar-refractivity contribution in [3.63, 3.8) is 0 Å². The number of rotatable bonds is 8. The summed E-state index contributed by atoms with van der Waals surface area (Å²) in [4.78, 5) is 4.05. The van der Waals surface area contributed by atoms with Crippen molar-refractivity contribution in [3.8, 4) is 5.75 Å². The van der Waals surface area contributed by atoms with Gasteiger partial charge in [-0.25, -0.2) is 4.98 Å². The van der Waals surface area contributed by atoms with Crippen molar-refractivity contribution in [2.24, 2.45) is 0 Å². The van der Waals surface area contributed by atoms with E-state index in [1.54, 1.807) is 0 Å². The molecule has 0 radical (unpaired) electrons. The van der Waals surface area contributed by atoms with Crippen LogP contribution in [0.25, 0.3) is 10.8 Å². The molecule has 0 bridgehead atoms. The summed E-state index contributed by atoms with van der Waals surface area (Å²) >= 11 is 0. The van der Waals surface area contributed by atoms with Crippen molar-refractivity contribution in [1.29, 1.82) is 0 Å². The van der Waals surface area contributed by atoms with E-state index in [-0.39, 0.29) is 0 Å². The van der Waals surface area contributed by atoms with Crippen LogP contribution < -0.4 is 4.74 Å². The predicted molar refractivity (Wildman–Crippen MR) is 90.1 cm³/mol. The zero-order chi connectivity index (χ0) is 15.0. The molecule has 114 valence electrons. The maximum Gasteiger partial charge on any atom is 0.119 e. The Morgan fingerprint density at radius 1 is 0.909 bits per heavy atom. The number of benzene rings is 2. The van der Waals surface area contributed by atoms with E-state index in [0.717, 1.165) is 25.3 Å². The largest absolute Gasteiger partial charge is 0.494 e. The Morgan fingerprint density at radius 2 is 1.77 bits per heavy atom. The summed E-state index contributed by atoms with van der Waals surface area (Å²) < 4.78 is 7.98. The summed E-state index contributed by atoms with van der Waals surface area (Å²) in [6.07, 6.45) is 10.5. The first kappa shape index (κ1) is 14.6. The summed E-state index contributed by atoms with van der Waals surface area (Å²) in [5.74, 6) is 0.970. The van der Waals surface area contributed by atoms with Gasteiger partial charge in [-0.2, -0.15) is 0 Å². The number of aromatic nitrogens is 2. The first-order valence-corrected chi connectivity index (χ1v) is 7.99. The monoisotopic (exact) mass is 294 g/mol. The third kappa shape index (κ3) is 4.10. The summed E-state index contributed by atoms with van der Waals surface area (Å²) in [5.41, 5.74) is 0. The van der Waals surface area contributed by atoms with Crippen LogP contribution in [-0.2, 0) is 6.54 Å². The summed E-state index contributed by atoms with van der Waals surface area (Å²) in [6, 6.07) is 14.7. The summed E-state index contributed by atoms with van der Waals surface area (Å²) in [5, 5.41) is 2.50. The normalized spacial score (nSPS) is 10.9. The molecule has 22 heavy (non-hydrogen) atoms. The molecule has 1 heterocycles. The Morgan fingerprint density at radius 3 is 2.64 bits per heavy atom. The van der Waals surface area contributed by atoms with E-state index in [1.807, 2.05) is 18.7 Å². The number of unbranched alkanes of at least 4 members (excludes halogenated alkanes) is 3. The van der Waals surface area contributed by atoms with Crippen LogP contribution in [0.5, 0.6) is 5.75 Å². The zero-order valence-corrected chi connectivity index (χ0v) is 12.8. The molecule has 3 nitrogen and oxygen atoms in total. The maximum absolute atomic E-state index is 5.85. The van der Waals surface area contributed by atoms with Crippen molar-refractivity contribution in [1.82, 2.24) is 9.55 Å². The average Bonchev–Trinajstić information content (AvgIpc) is 3.07. The lowest BCUT2D eigenvalue weighted by Crippen LogP contribution is -1.98. The third-order valence-electron chi connectivity index (χ3n) is 3.86. The van der Waals surface area contributed by atoms with Crippen molar-refractivity contribution in [3.05, 3.63) is 61.2 Å². The van der Waals surface area contributed by atoms with Gasteiger partial charge in [0.25, 0.3) is 0 Å². The molecular formula is C19H22N2O. The van der Waals surface area contributed by atoms with E-state index in [0.29, 0.717) is 0 Å². The molecule has 1 aromatic heterocycles. The van der Waals surface area contributed by atoms with Gasteiger partial charge < -0.3 is 9.30 Å². The Hall–Kier alpha value is -2.29. The highest BCUT2D eigenvalue weighted by Gasteiger charge is 1.97. The van der Waals surface area contributed by atoms with Crippen LogP contribution in [0.15, 0.2) is 61.2 Å². The quantitative estimate of drug-likeness (QED) is 0.564. The number of nitrogens with zero attached hydrogens (tertiary/aromatic N) is 2. The molecule has 0 atom stereocenters. The maximum atomic E-state index is 5.85. The van der Waals surface area contributed by atoms with Crippen LogP contribution in [0.3, 0.4) is 0 Å². The fraction of sp³-hybridized carbons (Fsp3) is 0.316. The van der Waals surface area contributed by atoms with Gasteiger partial charge in [-0.15, -0.1) is 0 Å². The number of ether oxygens (including phenoxy) is 1. The van der Waals surface area contributed by atoms with Crippen LogP contribution in [0.1, 0.15) is 25.7 Å². The fourth-order valence-electron chi connectivity index (χ4n) is 2.62. The lowest BCUT2D eigenvalue weighted by atomic mass is 10.1. The molecule has 0 aliphatic carbocycles. The number of aryl methyl sites for hydroxylation is 1. The van der Waals surface area contributed by atoms with Crippen LogP contribution >= 0.6 is 0 Å². The van der Waals surface area contributed by atoms with Gasteiger partial charge in [0.15, 0.2) is 0 Å². The molecule has 0 aliphatic heterocycles. The van der Waals surface area contributed by atoms with Crippen molar-refractivity contribution < 1.29 is 4.74 Å². The van der Waals surface area contributed by atoms with E-state index in [1.165, 1.54) is 30.0 Å². The third-order valence-corrected chi connectivity index (χ3v) is 3.86. The molecule has 0 amide bonds. The van der Waals surface area contributed by atoms with Crippen LogP contribution in [0, 0.1) is 0 Å². The highest BCUT2D eigenvalue weighted by atomic mass is 16.5. The number of hydrogen-bond acceptors (Lipinski definition) is 2. The summed E-state index contributed by atoms with van der Waals surface area (Å²) in [6.45, 7) is 1.86. The minimum absolute atomic E-state index is 0.795. The van der Waals surface area contributed by atoms with E-state index in [4.69, 9.17) is 4.74 Å². The van der Waals surface area contributed by atoms with Gasteiger partial charge in [-0.3, -0.25) is 0 Å². The molecule has 3 heteroatoms. The Balaban J connectivity index is 1.34. The Labute approximate surface area is 131 Å². The van der Waals surface area contributed by atoms with E-state index in [2.05, 4.69) is 52.0 Å². The highest BCUT2D eigenvalue weighted by molar-refractivity contribution is 5.83. The van der Waals surface area contributed by atoms with Gasteiger partial charge in [-0.05, 0) is 35.7 Å². The lowest BCUT2D eigenvalue weighted by molar-refractivity contribution is 0.304. The van der Waals surface area contributed by atoms with Gasteiger partial charge in [0.1, 0.15) is 5.75 Å². The summed E-state index contributed by atoms with van der Waals surface area (Å²) in [7, 11) is 0. The first-order valence-electron chi connectivity index (χ1n) is 7.99. The molecule has 0 unspecified atom stereocenters. The zero-order valence-electron chi connectivity index (χ0n) is 12.8. The second kappa shape index (κ2) is 7.64. The topological polar surface area (TPSA) is 27.1 Å². The molecule has 0 fully saturated rings.